The summed E-state index contributed by atoms with van der Waals surface area (Å²) < 4.78 is 5.24. The average molecular weight is 269 g/mol. The molecule has 2 heterocycles. The minimum Gasteiger partial charge on any atom is -0.384 e. The van der Waals surface area contributed by atoms with Crippen molar-refractivity contribution in [3.63, 3.8) is 0 Å². The minimum absolute atomic E-state index is 0.149. The van der Waals surface area contributed by atoms with Crippen molar-refractivity contribution in [1.82, 2.24) is 15.5 Å². The van der Waals surface area contributed by atoms with Gasteiger partial charge in [-0.15, -0.1) is 0 Å². The predicted octanol–water partition coefficient (Wildman–Crippen LogP) is 0.215. The highest BCUT2D eigenvalue weighted by molar-refractivity contribution is 5.83. The largest absolute Gasteiger partial charge is 0.384 e. The van der Waals surface area contributed by atoms with Crippen LogP contribution in [0.3, 0.4) is 0 Å². The highest BCUT2D eigenvalue weighted by atomic mass is 16.5. The molecular formula is C14H27N3O2. The number of methoxy groups -OCH3 is 1. The van der Waals surface area contributed by atoms with E-state index in [4.69, 9.17) is 4.74 Å². The first-order valence-corrected chi connectivity index (χ1v) is 7.47. The second-order valence-electron chi connectivity index (χ2n) is 5.80. The smallest absolute Gasteiger partial charge is 0.229 e. The van der Waals surface area contributed by atoms with Crippen molar-refractivity contribution in [3.05, 3.63) is 0 Å². The molecule has 1 atom stereocenters. The lowest BCUT2D eigenvalue weighted by Gasteiger charge is -2.29. The van der Waals surface area contributed by atoms with Crippen LogP contribution in [0.2, 0.25) is 0 Å². The lowest BCUT2D eigenvalue weighted by Crippen LogP contribution is -2.47. The van der Waals surface area contributed by atoms with Crippen molar-refractivity contribution in [2.45, 2.75) is 25.7 Å². The lowest BCUT2D eigenvalue weighted by molar-refractivity contribution is -0.133. The van der Waals surface area contributed by atoms with Crippen molar-refractivity contribution in [2.75, 3.05) is 53.0 Å². The summed E-state index contributed by atoms with van der Waals surface area (Å²) in [6, 6.07) is 0. The zero-order chi connectivity index (χ0) is 13.6. The minimum atomic E-state index is -0.351. The Hall–Kier alpha value is -0.650. The number of nitrogens with one attached hydrogen (secondary N) is 2. The summed E-state index contributed by atoms with van der Waals surface area (Å²) in [5.74, 6) is 0.149. The molecule has 2 saturated heterocycles. The van der Waals surface area contributed by atoms with Crippen molar-refractivity contribution in [3.8, 4) is 0 Å². The van der Waals surface area contributed by atoms with E-state index in [0.29, 0.717) is 6.61 Å². The Kier molecular flexibility index (Phi) is 5.60. The van der Waals surface area contributed by atoms with Gasteiger partial charge < -0.3 is 20.3 Å². The lowest BCUT2D eigenvalue weighted by atomic mass is 9.87. The third-order valence-electron chi connectivity index (χ3n) is 4.31. The number of carbonyl (C=O) groups is 1. The molecule has 0 aliphatic carbocycles. The zero-order valence-corrected chi connectivity index (χ0v) is 12.0. The Labute approximate surface area is 116 Å². The van der Waals surface area contributed by atoms with Crippen LogP contribution in [0, 0.1) is 5.41 Å². The number of carbonyl (C=O) groups excluding carboxylic acids is 1. The van der Waals surface area contributed by atoms with Crippen LogP contribution < -0.4 is 10.6 Å². The van der Waals surface area contributed by atoms with Gasteiger partial charge in [-0.25, -0.2) is 0 Å². The van der Waals surface area contributed by atoms with Gasteiger partial charge in [-0.1, -0.05) is 6.42 Å². The Morgan fingerprint density at radius 2 is 2.16 bits per heavy atom. The van der Waals surface area contributed by atoms with Crippen LogP contribution in [0.15, 0.2) is 0 Å². The van der Waals surface area contributed by atoms with Gasteiger partial charge in [-0.3, -0.25) is 4.79 Å². The molecule has 5 heteroatoms. The maximum absolute atomic E-state index is 12.3. The van der Waals surface area contributed by atoms with E-state index in [9.17, 15) is 4.79 Å². The molecule has 110 valence electrons. The summed E-state index contributed by atoms with van der Waals surface area (Å²) in [7, 11) is 1.67. The van der Waals surface area contributed by atoms with Gasteiger partial charge in [0.05, 0.1) is 12.0 Å². The molecule has 5 nitrogen and oxygen atoms in total. The monoisotopic (exact) mass is 269 g/mol. The number of amides is 1. The number of ether oxygens (including phenoxy) is 1. The molecule has 2 aliphatic rings. The Balaban J connectivity index is 1.73. The number of nitrogens with zero attached hydrogens (tertiary/aromatic N) is 1. The van der Waals surface area contributed by atoms with E-state index < -0.39 is 0 Å². The van der Waals surface area contributed by atoms with Crippen LogP contribution in [-0.4, -0.2) is 63.8 Å². The van der Waals surface area contributed by atoms with E-state index in [2.05, 4.69) is 15.5 Å². The van der Waals surface area contributed by atoms with Crippen LogP contribution in [0.4, 0.5) is 0 Å². The van der Waals surface area contributed by atoms with Crippen molar-refractivity contribution in [1.29, 1.82) is 0 Å². The van der Waals surface area contributed by atoms with Gasteiger partial charge in [0.25, 0.3) is 0 Å². The SMILES string of the molecule is COCC1(C(=O)NCCN2CCCCC2)CCNC1. The van der Waals surface area contributed by atoms with E-state index in [-0.39, 0.29) is 11.3 Å². The van der Waals surface area contributed by atoms with Crippen LogP contribution in [-0.2, 0) is 9.53 Å². The fourth-order valence-corrected chi connectivity index (χ4v) is 3.10. The van der Waals surface area contributed by atoms with E-state index in [1.165, 1.54) is 32.4 Å². The third-order valence-corrected chi connectivity index (χ3v) is 4.31. The van der Waals surface area contributed by atoms with Crippen molar-refractivity contribution in [2.24, 2.45) is 5.41 Å². The predicted molar refractivity (Wildman–Crippen MR) is 75.1 cm³/mol. The Morgan fingerprint density at radius 1 is 1.37 bits per heavy atom. The fraction of sp³-hybridized carbons (Fsp3) is 0.929. The van der Waals surface area contributed by atoms with Crippen molar-refractivity contribution < 1.29 is 9.53 Å². The van der Waals surface area contributed by atoms with Crippen LogP contribution in [0.5, 0.6) is 0 Å². The molecule has 0 aromatic carbocycles. The van der Waals surface area contributed by atoms with Gasteiger partial charge in [0.2, 0.25) is 5.91 Å². The molecule has 2 rings (SSSR count). The third kappa shape index (κ3) is 3.91. The molecule has 1 unspecified atom stereocenters. The standard InChI is InChI=1S/C14H27N3O2/c1-19-12-14(5-6-15-11-14)13(18)16-7-10-17-8-3-2-4-9-17/h15H,2-12H2,1H3,(H,16,18). The molecule has 2 fully saturated rings. The Morgan fingerprint density at radius 3 is 2.79 bits per heavy atom. The first kappa shape index (κ1) is 14.8. The summed E-state index contributed by atoms with van der Waals surface area (Å²) in [5, 5.41) is 6.36. The number of likely N-dealkylation sites (tertiary alicyclic amines) is 1. The quantitative estimate of drug-likeness (QED) is 0.724. The van der Waals surface area contributed by atoms with Gasteiger partial charge in [0.15, 0.2) is 0 Å². The molecule has 0 bridgehead atoms. The molecule has 0 aromatic rings. The average Bonchev–Trinajstić information content (AvgIpc) is 2.90. The molecule has 0 saturated carbocycles. The second kappa shape index (κ2) is 7.22. The van der Waals surface area contributed by atoms with Crippen LogP contribution in [0.1, 0.15) is 25.7 Å². The molecular weight excluding hydrogens is 242 g/mol. The maximum atomic E-state index is 12.3. The highest BCUT2D eigenvalue weighted by Crippen LogP contribution is 2.25. The molecule has 19 heavy (non-hydrogen) atoms. The number of hydrogen-bond donors (Lipinski definition) is 2. The summed E-state index contributed by atoms with van der Waals surface area (Å²) in [6.45, 7) is 6.24. The van der Waals surface area contributed by atoms with Crippen LogP contribution >= 0.6 is 0 Å². The number of rotatable bonds is 6. The van der Waals surface area contributed by atoms with Gasteiger partial charge >= 0.3 is 0 Å². The van der Waals surface area contributed by atoms with E-state index >= 15 is 0 Å². The second-order valence-corrected chi connectivity index (χ2v) is 5.80. The Bertz CT molecular complexity index is 284. The summed E-state index contributed by atoms with van der Waals surface area (Å²) >= 11 is 0. The molecule has 0 radical (unpaired) electrons. The summed E-state index contributed by atoms with van der Waals surface area (Å²) in [4.78, 5) is 14.8. The van der Waals surface area contributed by atoms with Gasteiger partial charge in [-0.2, -0.15) is 0 Å². The first-order chi connectivity index (χ1) is 9.27. The number of hydrogen-bond acceptors (Lipinski definition) is 4. The highest BCUT2D eigenvalue weighted by Gasteiger charge is 2.41. The normalized spacial score (nSPS) is 28.5. The van der Waals surface area contributed by atoms with Gasteiger partial charge in [-0.05, 0) is 38.9 Å². The fourth-order valence-electron chi connectivity index (χ4n) is 3.10. The summed E-state index contributed by atoms with van der Waals surface area (Å²) in [5.41, 5.74) is -0.351. The molecule has 1 amide bonds. The summed E-state index contributed by atoms with van der Waals surface area (Å²) in [6.07, 6.45) is 4.82. The van der Waals surface area contributed by atoms with Gasteiger partial charge in [0.1, 0.15) is 0 Å². The van der Waals surface area contributed by atoms with Crippen molar-refractivity contribution >= 4 is 5.91 Å². The molecule has 2 aliphatic heterocycles. The van der Waals surface area contributed by atoms with Crippen LogP contribution in [0.25, 0.3) is 0 Å². The maximum Gasteiger partial charge on any atom is 0.229 e. The van der Waals surface area contributed by atoms with Gasteiger partial charge in [0, 0.05) is 26.7 Å². The molecule has 0 spiro atoms. The zero-order valence-electron chi connectivity index (χ0n) is 12.0. The molecule has 2 N–H and O–H groups in total. The molecule has 0 aromatic heterocycles. The van der Waals surface area contributed by atoms with E-state index in [0.717, 1.165) is 32.6 Å². The number of piperidine rings is 1. The van der Waals surface area contributed by atoms with E-state index in [1.54, 1.807) is 7.11 Å². The first-order valence-electron chi connectivity index (χ1n) is 7.47. The van der Waals surface area contributed by atoms with E-state index in [1.807, 2.05) is 0 Å². The topological polar surface area (TPSA) is 53.6 Å².